The second-order valence-corrected chi connectivity index (χ2v) is 8.76. The first-order valence-corrected chi connectivity index (χ1v) is 11.1. The maximum absolute atomic E-state index is 12.7. The molecule has 0 atom stereocenters. The Labute approximate surface area is 204 Å². The normalized spacial score (nSPS) is 12.2. The molecule has 0 spiro atoms. The number of aliphatic hydroxyl groups is 2. The van der Waals surface area contributed by atoms with Crippen molar-refractivity contribution in [2.75, 3.05) is 11.9 Å². The number of anilines is 1. The van der Waals surface area contributed by atoms with Crippen molar-refractivity contribution in [1.82, 2.24) is 9.38 Å². The van der Waals surface area contributed by atoms with Crippen molar-refractivity contribution in [3.8, 4) is 22.8 Å². The van der Waals surface area contributed by atoms with E-state index in [1.807, 2.05) is 0 Å². The molecule has 0 aliphatic heterocycles. The Morgan fingerprint density at radius 3 is 2.51 bits per heavy atom. The fraction of sp³-hybridized carbons (Fsp3) is 0.240. The molecule has 35 heavy (non-hydrogen) atoms. The third kappa shape index (κ3) is 5.87. The molecule has 0 fully saturated rings. The highest BCUT2D eigenvalue weighted by Crippen LogP contribution is 2.33. The summed E-state index contributed by atoms with van der Waals surface area (Å²) in [7, 11) is 0. The Balaban J connectivity index is 1.78. The smallest absolute Gasteiger partial charge is 0.390 e. The van der Waals surface area contributed by atoms with Gasteiger partial charge in [0.05, 0.1) is 30.2 Å². The van der Waals surface area contributed by atoms with E-state index in [9.17, 15) is 23.4 Å². The van der Waals surface area contributed by atoms with Gasteiger partial charge < -0.3 is 20.3 Å². The third-order valence-corrected chi connectivity index (χ3v) is 5.60. The molecule has 2 heterocycles. The lowest BCUT2D eigenvalue weighted by Gasteiger charge is -2.19. The number of rotatable bonds is 7. The van der Waals surface area contributed by atoms with Gasteiger partial charge in [0.1, 0.15) is 11.5 Å². The van der Waals surface area contributed by atoms with Crippen molar-refractivity contribution in [3.63, 3.8) is 0 Å². The molecule has 3 N–H and O–H groups in total. The van der Waals surface area contributed by atoms with Crippen LogP contribution in [0.15, 0.2) is 60.9 Å². The molecule has 184 valence electrons. The van der Waals surface area contributed by atoms with Crippen molar-refractivity contribution in [2.24, 2.45) is 0 Å². The highest BCUT2D eigenvalue weighted by molar-refractivity contribution is 6.30. The number of aryl methyl sites for hydroxylation is 1. The lowest BCUT2D eigenvalue weighted by atomic mass is 9.98. The molecule has 0 bridgehead atoms. The number of ether oxygens (including phenoxy) is 1. The number of benzene rings is 2. The van der Waals surface area contributed by atoms with Crippen LogP contribution in [0.1, 0.15) is 24.5 Å². The van der Waals surface area contributed by atoms with Gasteiger partial charge in [0.15, 0.2) is 11.4 Å². The average molecular weight is 506 g/mol. The highest BCUT2D eigenvalue weighted by atomic mass is 35.5. The summed E-state index contributed by atoms with van der Waals surface area (Å²) in [6.45, 7) is 2.70. The molecule has 0 radical (unpaired) electrons. The van der Waals surface area contributed by atoms with Gasteiger partial charge in [-0.2, -0.15) is 13.2 Å². The van der Waals surface area contributed by atoms with Gasteiger partial charge in [-0.15, -0.1) is 0 Å². The van der Waals surface area contributed by atoms with E-state index in [1.165, 1.54) is 6.92 Å². The summed E-state index contributed by atoms with van der Waals surface area (Å²) in [5.41, 5.74) is 3.16. The van der Waals surface area contributed by atoms with E-state index in [-0.39, 0.29) is 6.54 Å². The van der Waals surface area contributed by atoms with Crippen LogP contribution in [-0.2, 0) is 5.79 Å². The molecular weight excluding hydrogens is 483 g/mol. The second kappa shape index (κ2) is 9.41. The monoisotopic (exact) mass is 505 g/mol. The topological polar surface area (TPSA) is 79.0 Å². The van der Waals surface area contributed by atoms with Crippen molar-refractivity contribution in [2.45, 2.75) is 32.2 Å². The minimum atomic E-state index is -4.30. The highest BCUT2D eigenvalue weighted by Gasteiger charge is 2.26. The summed E-state index contributed by atoms with van der Waals surface area (Å²) in [4.78, 5) is 4.42. The predicted molar refractivity (Wildman–Crippen MR) is 128 cm³/mol. The summed E-state index contributed by atoms with van der Waals surface area (Å²) >= 11 is 6.05. The molecule has 10 heteroatoms. The molecule has 0 amide bonds. The summed E-state index contributed by atoms with van der Waals surface area (Å²) < 4.78 is 45.8. The zero-order valence-corrected chi connectivity index (χ0v) is 19.7. The van der Waals surface area contributed by atoms with Crippen LogP contribution >= 0.6 is 11.6 Å². The van der Waals surface area contributed by atoms with E-state index in [4.69, 9.17) is 16.3 Å². The van der Waals surface area contributed by atoms with Gasteiger partial charge in [0.25, 0.3) is 0 Å². The van der Waals surface area contributed by atoms with Crippen molar-refractivity contribution in [1.29, 1.82) is 0 Å². The molecule has 2 aromatic heterocycles. The number of imidazole rings is 1. The lowest BCUT2D eigenvalue weighted by Crippen LogP contribution is -2.21. The van der Waals surface area contributed by atoms with E-state index in [0.29, 0.717) is 44.7 Å². The number of aromatic nitrogens is 2. The molecule has 0 unspecified atom stereocenters. The number of alkyl halides is 3. The van der Waals surface area contributed by atoms with Crippen LogP contribution in [0, 0.1) is 6.92 Å². The van der Waals surface area contributed by atoms with Crippen LogP contribution in [0.25, 0.3) is 16.9 Å². The van der Waals surface area contributed by atoms with Crippen molar-refractivity contribution in [3.05, 3.63) is 77.1 Å². The first kappa shape index (κ1) is 24.8. The molecule has 6 nitrogen and oxygen atoms in total. The minimum absolute atomic E-state index is 0.332. The Hall–Kier alpha value is -3.27. The van der Waals surface area contributed by atoms with E-state index < -0.39 is 18.4 Å². The van der Waals surface area contributed by atoms with Crippen LogP contribution < -0.4 is 10.1 Å². The van der Waals surface area contributed by atoms with Crippen LogP contribution in [0.5, 0.6) is 11.5 Å². The van der Waals surface area contributed by atoms with Gasteiger partial charge in [-0.3, -0.25) is 4.40 Å². The zero-order chi connectivity index (χ0) is 25.4. The van der Waals surface area contributed by atoms with Gasteiger partial charge in [-0.05, 0) is 43.7 Å². The molecule has 4 aromatic rings. The molecule has 0 aliphatic rings. The Kier molecular flexibility index (Phi) is 6.68. The number of nitrogens with one attached hydrogen (secondary N) is 1. The summed E-state index contributed by atoms with van der Waals surface area (Å²) in [5, 5.41) is 23.2. The maximum atomic E-state index is 12.7. The van der Waals surface area contributed by atoms with E-state index in [1.54, 1.807) is 72.2 Å². The first-order chi connectivity index (χ1) is 16.4. The van der Waals surface area contributed by atoms with Gasteiger partial charge in [-0.1, -0.05) is 29.8 Å². The molecule has 2 aromatic carbocycles. The van der Waals surface area contributed by atoms with Crippen molar-refractivity contribution >= 4 is 22.9 Å². The Morgan fingerprint density at radius 2 is 1.86 bits per heavy atom. The van der Waals surface area contributed by atoms with E-state index in [0.717, 1.165) is 5.56 Å². The molecule has 4 rings (SSSR count). The van der Waals surface area contributed by atoms with Crippen molar-refractivity contribution < 1.29 is 28.1 Å². The van der Waals surface area contributed by atoms with Gasteiger partial charge in [0, 0.05) is 28.8 Å². The second-order valence-electron chi connectivity index (χ2n) is 8.33. The fourth-order valence-electron chi connectivity index (χ4n) is 3.82. The van der Waals surface area contributed by atoms with Crippen LogP contribution in [0.3, 0.4) is 0 Å². The number of halogens is 4. The minimum Gasteiger partial charge on any atom is -0.456 e. The fourth-order valence-corrected chi connectivity index (χ4v) is 4.00. The number of hydrogen-bond donors (Lipinski definition) is 3. The number of hydrogen-bond acceptors (Lipinski definition) is 5. The Morgan fingerprint density at radius 1 is 1.09 bits per heavy atom. The van der Waals surface area contributed by atoms with Crippen LogP contribution in [-0.4, -0.2) is 32.3 Å². The van der Waals surface area contributed by atoms with E-state index >= 15 is 0 Å². The average Bonchev–Trinajstić information content (AvgIpc) is 3.16. The quantitative estimate of drug-likeness (QED) is 0.258. The molecule has 0 saturated heterocycles. The Bertz CT molecular complexity index is 1360. The zero-order valence-electron chi connectivity index (χ0n) is 18.9. The standard InChI is InChI=1S/C25H23ClF3N3O3/c1-15-10-16(6-7-20(15)24(2,33)34)22-13-31-23-21(30-9-8-25(27,28)29)12-19(14-32(22)23)35-18-5-3-4-17(26)11-18/h3-7,10-14,30,33-34H,8-9H2,1-2H3. The first-order valence-electron chi connectivity index (χ1n) is 10.7. The van der Waals surface area contributed by atoms with Crippen LogP contribution in [0.2, 0.25) is 5.02 Å². The van der Waals surface area contributed by atoms with Crippen LogP contribution in [0.4, 0.5) is 18.9 Å². The van der Waals surface area contributed by atoms with E-state index in [2.05, 4.69) is 10.3 Å². The maximum Gasteiger partial charge on any atom is 0.390 e. The number of pyridine rings is 1. The summed E-state index contributed by atoms with van der Waals surface area (Å²) in [6.07, 6.45) is -2.03. The summed E-state index contributed by atoms with van der Waals surface area (Å²) in [5.74, 6) is -1.17. The predicted octanol–water partition coefficient (Wildman–Crippen LogP) is 6.28. The SMILES string of the molecule is Cc1cc(-c2cnc3c(NCCC(F)(F)F)cc(Oc4cccc(Cl)c4)cn23)ccc1C(C)(O)O. The molecular formula is C25H23ClF3N3O3. The molecule has 0 aliphatic carbocycles. The number of nitrogens with zero attached hydrogens (tertiary/aromatic N) is 2. The number of fused-ring (bicyclic) bond motifs is 1. The molecule has 0 saturated carbocycles. The third-order valence-electron chi connectivity index (χ3n) is 5.37. The van der Waals surface area contributed by atoms with Gasteiger partial charge >= 0.3 is 6.18 Å². The summed E-state index contributed by atoms with van der Waals surface area (Å²) in [6, 6.07) is 13.5. The van der Waals surface area contributed by atoms with Gasteiger partial charge in [-0.25, -0.2) is 4.98 Å². The van der Waals surface area contributed by atoms with Gasteiger partial charge in [0.2, 0.25) is 0 Å². The largest absolute Gasteiger partial charge is 0.456 e. The lowest BCUT2D eigenvalue weighted by molar-refractivity contribution is -0.153.